The van der Waals surface area contributed by atoms with Crippen molar-refractivity contribution in [2.45, 2.75) is 65.8 Å². The molecule has 0 saturated heterocycles. The lowest BCUT2D eigenvalue weighted by Gasteiger charge is -2.27. The third-order valence-corrected chi connectivity index (χ3v) is 4.39. The number of hydrogen-bond acceptors (Lipinski definition) is 8. The fraction of sp³-hybridized carbons (Fsp3) is 0.696. The van der Waals surface area contributed by atoms with Gasteiger partial charge in [0.2, 0.25) is 0 Å². The summed E-state index contributed by atoms with van der Waals surface area (Å²) in [6.45, 7) is 15.6. The molecule has 1 aromatic heterocycles. The molecule has 2 heterocycles. The normalized spacial score (nSPS) is 17.4. The molecule has 0 atom stereocenters. The van der Waals surface area contributed by atoms with Crippen LogP contribution < -0.4 is 5.32 Å². The van der Waals surface area contributed by atoms with Crippen molar-refractivity contribution in [2.24, 2.45) is 0 Å². The summed E-state index contributed by atoms with van der Waals surface area (Å²) in [6, 6.07) is 5.89. The first-order valence-electron chi connectivity index (χ1n) is 10.9. The minimum atomic E-state index is -0.502. The molecule has 0 radical (unpaired) electrons. The highest BCUT2D eigenvalue weighted by molar-refractivity contribution is 5.72. The maximum Gasteiger partial charge on any atom is 0.320 e. The summed E-state index contributed by atoms with van der Waals surface area (Å²) in [6.07, 6.45) is 0. The second kappa shape index (κ2) is 11.0. The number of rotatable bonds is 4. The van der Waals surface area contributed by atoms with Gasteiger partial charge in [-0.15, -0.1) is 0 Å². The largest absolute Gasteiger partial charge is 0.459 e. The van der Waals surface area contributed by atoms with Crippen molar-refractivity contribution in [1.82, 2.24) is 20.1 Å². The van der Waals surface area contributed by atoms with E-state index in [9.17, 15) is 9.59 Å². The van der Waals surface area contributed by atoms with Gasteiger partial charge in [0, 0.05) is 39.3 Å². The zero-order valence-electron chi connectivity index (χ0n) is 19.9. The Bertz CT molecular complexity index is 683. The molecule has 0 saturated carbocycles. The fourth-order valence-corrected chi connectivity index (χ4v) is 3.30. The lowest BCUT2D eigenvalue weighted by molar-refractivity contribution is -0.157. The molecule has 1 aliphatic heterocycles. The van der Waals surface area contributed by atoms with E-state index in [0.717, 1.165) is 24.5 Å². The fourth-order valence-electron chi connectivity index (χ4n) is 3.30. The number of ether oxygens (including phenoxy) is 2. The SMILES string of the molecule is CC(C)(C)OC(=O)CN1CCNCCN(CC(=O)OC(C)(C)C)Cc2cccc(n2)C1. The van der Waals surface area contributed by atoms with Crippen LogP contribution in [0.5, 0.6) is 0 Å². The first-order chi connectivity index (χ1) is 14.4. The van der Waals surface area contributed by atoms with Crippen molar-refractivity contribution in [3.8, 4) is 0 Å². The molecule has 8 nitrogen and oxygen atoms in total. The molecular formula is C23H38N4O4. The van der Waals surface area contributed by atoms with E-state index in [1.807, 2.05) is 69.5 Å². The van der Waals surface area contributed by atoms with Gasteiger partial charge in [-0.05, 0) is 53.7 Å². The maximum atomic E-state index is 12.3. The Morgan fingerprint density at radius 3 is 1.68 bits per heavy atom. The molecule has 2 bridgehead atoms. The number of carbonyl (C=O) groups is 2. The maximum absolute atomic E-state index is 12.3. The summed E-state index contributed by atoms with van der Waals surface area (Å²) in [5.41, 5.74) is 0.771. The van der Waals surface area contributed by atoms with E-state index in [4.69, 9.17) is 14.5 Å². The Labute approximate surface area is 186 Å². The number of hydrogen-bond donors (Lipinski definition) is 1. The molecule has 0 fully saturated rings. The van der Waals surface area contributed by atoms with Crippen molar-refractivity contribution < 1.29 is 19.1 Å². The highest BCUT2D eigenvalue weighted by Crippen LogP contribution is 2.12. The average Bonchev–Trinajstić information content (AvgIpc) is 2.57. The predicted molar refractivity (Wildman–Crippen MR) is 119 cm³/mol. The van der Waals surface area contributed by atoms with E-state index in [-0.39, 0.29) is 25.0 Å². The number of aromatic nitrogens is 1. The van der Waals surface area contributed by atoms with Gasteiger partial charge in [-0.3, -0.25) is 24.4 Å². The Morgan fingerprint density at radius 1 is 0.871 bits per heavy atom. The molecule has 0 amide bonds. The van der Waals surface area contributed by atoms with Crippen LogP contribution in [0.1, 0.15) is 52.9 Å². The summed E-state index contributed by atoms with van der Waals surface area (Å²) in [4.78, 5) is 33.5. The van der Waals surface area contributed by atoms with Gasteiger partial charge in [0.15, 0.2) is 0 Å². The lowest BCUT2D eigenvalue weighted by Crippen LogP contribution is -2.42. The Kier molecular flexibility index (Phi) is 8.97. The van der Waals surface area contributed by atoms with Crippen LogP contribution in [0.2, 0.25) is 0 Å². The number of nitrogens with zero attached hydrogens (tertiary/aromatic N) is 3. The third-order valence-electron chi connectivity index (χ3n) is 4.39. The van der Waals surface area contributed by atoms with Gasteiger partial charge < -0.3 is 14.8 Å². The van der Waals surface area contributed by atoms with Gasteiger partial charge in [-0.1, -0.05) is 6.07 Å². The molecule has 0 aliphatic carbocycles. The van der Waals surface area contributed by atoms with Crippen molar-refractivity contribution in [3.63, 3.8) is 0 Å². The summed E-state index contributed by atoms with van der Waals surface area (Å²) in [5, 5.41) is 3.41. The molecule has 1 aliphatic rings. The highest BCUT2D eigenvalue weighted by atomic mass is 16.6. The van der Waals surface area contributed by atoms with E-state index >= 15 is 0 Å². The minimum absolute atomic E-state index is 0.218. The molecule has 0 unspecified atom stereocenters. The third kappa shape index (κ3) is 10.7. The molecule has 174 valence electrons. The molecule has 2 rings (SSSR count). The summed E-state index contributed by atoms with van der Waals surface area (Å²) in [7, 11) is 0. The second-order valence-electron chi connectivity index (χ2n) is 9.96. The van der Waals surface area contributed by atoms with Crippen LogP contribution in [-0.2, 0) is 32.2 Å². The van der Waals surface area contributed by atoms with Crippen LogP contribution in [0, 0.1) is 0 Å². The Morgan fingerprint density at radius 2 is 1.29 bits per heavy atom. The lowest BCUT2D eigenvalue weighted by atomic mass is 10.2. The van der Waals surface area contributed by atoms with Crippen LogP contribution in [-0.4, -0.2) is 77.2 Å². The van der Waals surface area contributed by atoms with E-state index in [1.165, 1.54) is 0 Å². The number of esters is 2. The van der Waals surface area contributed by atoms with E-state index in [1.54, 1.807) is 0 Å². The standard InChI is InChI=1S/C23H38N4O4/c1-22(2,3)30-20(28)16-26-12-10-24-11-13-27(17-21(29)31-23(4,5)6)15-19-9-7-8-18(14-26)25-19/h7-9,24H,10-17H2,1-6H3. The van der Waals surface area contributed by atoms with Crippen LogP contribution in [0.4, 0.5) is 0 Å². The summed E-state index contributed by atoms with van der Waals surface area (Å²) < 4.78 is 11.0. The predicted octanol–water partition coefficient (Wildman–Crippen LogP) is 1.97. The van der Waals surface area contributed by atoms with Crippen LogP contribution in [0.25, 0.3) is 0 Å². The average molecular weight is 435 g/mol. The van der Waals surface area contributed by atoms with E-state index in [2.05, 4.69) is 5.32 Å². The minimum Gasteiger partial charge on any atom is -0.459 e. The topological polar surface area (TPSA) is 84.0 Å². The number of nitrogens with one attached hydrogen (secondary N) is 1. The van der Waals surface area contributed by atoms with E-state index < -0.39 is 11.2 Å². The number of carbonyl (C=O) groups excluding carboxylic acids is 2. The Hall–Kier alpha value is -2.03. The van der Waals surface area contributed by atoms with Crippen molar-refractivity contribution >= 4 is 11.9 Å². The van der Waals surface area contributed by atoms with Crippen LogP contribution in [0.3, 0.4) is 0 Å². The second-order valence-corrected chi connectivity index (χ2v) is 9.96. The molecule has 1 aromatic rings. The van der Waals surface area contributed by atoms with Crippen molar-refractivity contribution in [2.75, 3.05) is 39.3 Å². The summed E-state index contributed by atoms with van der Waals surface area (Å²) in [5.74, 6) is -0.474. The van der Waals surface area contributed by atoms with Gasteiger partial charge in [0.1, 0.15) is 11.2 Å². The van der Waals surface area contributed by atoms with Gasteiger partial charge >= 0.3 is 11.9 Å². The monoisotopic (exact) mass is 434 g/mol. The van der Waals surface area contributed by atoms with Crippen molar-refractivity contribution in [3.05, 3.63) is 29.6 Å². The molecule has 1 N–H and O–H groups in total. The molecular weight excluding hydrogens is 396 g/mol. The zero-order chi connectivity index (χ0) is 23.1. The number of pyridine rings is 1. The van der Waals surface area contributed by atoms with Gasteiger partial charge in [-0.2, -0.15) is 0 Å². The molecule has 0 spiro atoms. The van der Waals surface area contributed by atoms with Gasteiger partial charge in [0.25, 0.3) is 0 Å². The quantitative estimate of drug-likeness (QED) is 0.720. The van der Waals surface area contributed by atoms with E-state index in [0.29, 0.717) is 26.2 Å². The van der Waals surface area contributed by atoms with Crippen LogP contribution >= 0.6 is 0 Å². The van der Waals surface area contributed by atoms with Gasteiger partial charge in [-0.25, -0.2) is 0 Å². The first-order valence-corrected chi connectivity index (χ1v) is 10.9. The molecule has 31 heavy (non-hydrogen) atoms. The Balaban J connectivity index is 2.07. The van der Waals surface area contributed by atoms with Crippen LogP contribution in [0.15, 0.2) is 18.2 Å². The highest BCUT2D eigenvalue weighted by Gasteiger charge is 2.22. The smallest absolute Gasteiger partial charge is 0.320 e. The number of fused-ring (bicyclic) bond motifs is 2. The zero-order valence-corrected chi connectivity index (χ0v) is 19.9. The summed E-state index contributed by atoms with van der Waals surface area (Å²) >= 11 is 0. The molecule has 0 aromatic carbocycles. The van der Waals surface area contributed by atoms with Crippen molar-refractivity contribution in [1.29, 1.82) is 0 Å². The van der Waals surface area contributed by atoms with Gasteiger partial charge in [0.05, 0.1) is 24.5 Å². The molecule has 8 heteroatoms. The first kappa shape index (κ1) is 25.2.